The Balaban J connectivity index is 2.52. The summed E-state index contributed by atoms with van der Waals surface area (Å²) < 4.78 is 0. The van der Waals surface area contributed by atoms with Gasteiger partial charge in [0.2, 0.25) is 0 Å². The Hall–Kier alpha value is -0.960. The lowest BCUT2D eigenvalue weighted by Gasteiger charge is -2.08. The maximum Gasteiger partial charge on any atom is 0.0602 e. The van der Waals surface area contributed by atoms with Gasteiger partial charge in [-0.2, -0.15) is 0 Å². The van der Waals surface area contributed by atoms with Crippen LogP contribution < -0.4 is 0 Å². The Labute approximate surface area is 73.5 Å². The van der Waals surface area contributed by atoms with Gasteiger partial charge in [-0.15, -0.1) is 0 Å². The normalized spacial score (nSPS) is 10.7. The van der Waals surface area contributed by atoms with E-state index in [-0.39, 0.29) is 0 Å². The summed E-state index contributed by atoms with van der Waals surface area (Å²) in [6, 6.07) is 0. The smallest absolute Gasteiger partial charge is 0.0602 e. The lowest BCUT2D eigenvalue weighted by atomic mass is 10.3. The molecule has 0 fully saturated rings. The lowest BCUT2D eigenvalue weighted by Crippen LogP contribution is -2.15. The zero-order valence-electron chi connectivity index (χ0n) is 7.91. The summed E-state index contributed by atoms with van der Waals surface area (Å²) >= 11 is 0. The van der Waals surface area contributed by atoms with Gasteiger partial charge < -0.3 is 4.90 Å². The molecule has 66 valence electrons. The first-order valence-corrected chi connectivity index (χ1v) is 4.11. The Morgan fingerprint density at radius 2 is 2.08 bits per heavy atom. The van der Waals surface area contributed by atoms with E-state index >= 15 is 0 Å². The van der Waals surface area contributed by atoms with Crippen molar-refractivity contribution in [2.75, 3.05) is 20.6 Å². The third-order valence-corrected chi connectivity index (χ3v) is 1.62. The van der Waals surface area contributed by atoms with Gasteiger partial charge in [-0.25, -0.2) is 0 Å². The van der Waals surface area contributed by atoms with Gasteiger partial charge in [0.15, 0.2) is 0 Å². The highest BCUT2D eigenvalue weighted by atomic mass is 15.0. The van der Waals surface area contributed by atoms with Gasteiger partial charge in [0, 0.05) is 25.4 Å². The summed E-state index contributed by atoms with van der Waals surface area (Å²) in [4.78, 5) is 10.6. The molecule has 3 nitrogen and oxygen atoms in total. The quantitative estimate of drug-likeness (QED) is 0.666. The highest BCUT2D eigenvalue weighted by Gasteiger charge is 1.96. The van der Waals surface area contributed by atoms with E-state index in [0.717, 1.165) is 24.4 Å². The van der Waals surface area contributed by atoms with Crippen LogP contribution in [0.5, 0.6) is 0 Å². The van der Waals surface area contributed by atoms with E-state index < -0.39 is 0 Å². The Morgan fingerprint density at radius 1 is 1.33 bits per heavy atom. The van der Waals surface area contributed by atoms with Crippen LogP contribution >= 0.6 is 0 Å². The predicted octanol–water partition coefficient (Wildman–Crippen LogP) is 0.889. The number of aromatic nitrogens is 2. The molecule has 1 rings (SSSR count). The number of nitrogens with zero attached hydrogens (tertiary/aromatic N) is 3. The van der Waals surface area contributed by atoms with Crippen molar-refractivity contribution in [2.24, 2.45) is 0 Å². The first kappa shape index (κ1) is 9.13. The third kappa shape index (κ3) is 2.96. The minimum atomic E-state index is 0.974. The van der Waals surface area contributed by atoms with Crippen molar-refractivity contribution in [1.82, 2.24) is 14.9 Å². The molecule has 0 saturated heterocycles. The SMILES string of the molecule is Cc1cncc(CCN(C)C)n1. The molecule has 0 N–H and O–H groups in total. The lowest BCUT2D eigenvalue weighted by molar-refractivity contribution is 0.411. The van der Waals surface area contributed by atoms with E-state index in [2.05, 4.69) is 29.0 Å². The first-order valence-electron chi connectivity index (χ1n) is 4.11. The van der Waals surface area contributed by atoms with Crippen LogP contribution in [0.25, 0.3) is 0 Å². The van der Waals surface area contributed by atoms with Crippen molar-refractivity contribution >= 4 is 0 Å². The number of rotatable bonds is 3. The van der Waals surface area contributed by atoms with Crippen molar-refractivity contribution in [1.29, 1.82) is 0 Å². The van der Waals surface area contributed by atoms with Crippen molar-refractivity contribution in [3.05, 3.63) is 23.8 Å². The predicted molar refractivity (Wildman–Crippen MR) is 49.0 cm³/mol. The van der Waals surface area contributed by atoms with E-state index in [9.17, 15) is 0 Å². The third-order valence-electron chi connectivity index (χ3n) is 1.62. The van der Waals surface area contributed by atoms with Crippen molar-refractivity contribution in [3.8, 4) is 0 Å². The average Bonchev–Trinajstić information content (AvgIpc) is 2.01. The second-order valence-corrected chi connectivity index (χ2v) is 3.21. The summed E-state index contributed by atoms with van der Waals surface area (Å²) in [5.74, 6) is 0. The second-order valence-electron chi connectivity index (χ2n) is 3.21. The molecule has 0 aliphatic carbocycles. The van der Waals surface area contributed by atoms with Crippen molar-refractivity contribution in [2.45, 2.75) is 13.3 Å². The zero-order valence-corrected chi connectivity index (χ0v) is 7.91. The maximum atomic E-state index is 4.36. The summed E-state index contributed by atoms with van der Waals surface area (Å²) in [6.45, 7) is 2.99. The molecule has 0 atom stereocenters. The van der Waals surface area contributed by atoms with Crippen LogP contribution in [-0.4, -0.2) is 35.5 Å². The van der Waals surface area contributed by atoms with E-state index in [0.29, 0.717) is 0 Å². The van der Waals surface area contributed by atoms with E-state index in [1.165, 1.54) is 0 Å². The van der Waals surface area contributed by atoms with Gasteiger partial charge in [0.05, 0.1) is 11.4 Å². The molecule has 1 aromatic rings. The fourth-order valence-electron chi connectivity index (χ4n) is 0.974. The molecule has 0 amide bonds. The van der Waals surface area contributed by atoms with Crippen LogP contribution in [0.4, 0.5) is 0 Å². The van der Waals surface area contributed by atoms with Crippen molar-refractivity contribution < 1.29 is 0 Å². The molecule has 0 unspecified atom stereocenters. The largest absolute Gasteiger partial charge is 0.309 e. The summed E-state index contributed by atoms with van der Waals surface area (Å²) in [5, 5.41) is 0. The van der Waals surface area contributed by atoms with E-state index in [1.807, 2.05) is 13.1 Å². The Bertz CT molecular complexity index is 245. The topological polar surface area (TPSA) is 29.0 Å². The molecule has 1 heterocycles. The number of aryl methyl sites for hydroxylation is 1. The number of likely N-dealkylation sites (N-methyl/N-ethyl adjacent to an activating group) is 1. The molecular formula is C9H15N3. The van der Waals surface area contributed by atoms with E-state index in [1.54, 1.807) is 6.20 Å². The molecule has 0 aliphatic rings. The second kappa shape index (κ2) is 4.16. The number of hydrogen-bond acceptors (Lipinski definition) is 3. The van der Waals surface area contributed by atoms with Crippen LogP contribution in [-0.2, 0) is 6.42 Å². The zero-order chi connectivity index (χ0) is 8.97. The molecule has 3 heteroatoms. The molecular weight excluding hydrogens is 150 g/mol. The number of hydrogen-bond donors (Lipinski definition) is 0. The Morgan fingerprint density at radius 3 is 2.67 bits per heavy atom. The van der Waals surface area contributed by atoms with Crippen LogP contribution in [0.15, 0.2) is 12.4 Å². The first-order chi connectivity index (χ1) is 5.68. The van der Waals surface area contributed by atoms with Crippen LogP contribution in [0.3, 0.4) is 0 Å². The summed E-state index contributed by atoms with van der Waals surface area (Å²) in [7, 11) is 4.12. The fourth-order valence-corrected chi connectivity index (χ4v) is 0.974. The Kier molecular flexibility index (Phi) is 3.17. The molecule has 0 saturated carbocycles. The monoisotopic (exact) mass is 165 g/mol. The van der Waals surface area contributed by atoms with Gasteiger partial charge in [0.1, 0.15) is 0 Å². The summed E-state index contributed by atoms with van der Waals surface area (Å²) in [6.07, 6.45) is 4.58. The molecule has 0 radical (unpaired) electrons. The van der Waals surface area contributed by atoms with Gasteiger partial charge in [0.25, 0.3) is 0 Å². The average molecular weight is 165 g/mol. The minimum Gasteiger partial charge on any atom is -0.309 e. The molecule has 0 aliphatic heterocycles. The van der Waals surface area contributed by atoms with Crippen LogP contribution in [0.1, 0.15) is 11.4 Å². The van der Waals surface area contributed by atoms with Gasteiger partial charge >= 0.3 is 0 Å². The minimum absolute atomic E-state index is 0.974. The maximum absolute atomic E-state index is 4.36. The molecule has 12 heavy (non-hydrogen) atoms. The highest BCUT2D eigenvalue weighted by Crippen LogP contribution is 1.96. The van der Waals surface area contributed by atoms with Gasteiger partial charge in [-0.1, -0.05) is 0 Å². The van der Waals surface area contributed by atoms with E-state index in [4.69, 9.17) is 0 Å². The molecule has 0 bridgehead atoms. The summed E-state index contributed by atoms with van der Waals surface area (Å²) in [5.41, 5.74) is 2.06. The highest BCUT2D eigenvalue weighted by molar-refractivity contribution is 5.01. The van der Waals surface area contributed by atoms with Crippen LogP contribution in [0.2, 0.25) is 0 Å². The van der Waals surface area contributed by atoms with Gasteiger partial charge in [-0.05, 0) is 21.0 Å². The molecule has 0 aromatic carbocycles. The van der Waals surface area contributed by atoms with Gasteiger partial charge in [-0.3, -0.25) is 9.97 Å². The molecule has 1 aromatic heterocycles. The molecule has 0 spiro atoms. The fraction of sp³-hybridized carbons (Fsp3) is 0.556. The standard InChI is InChI=1S/C9H15N3/c1-8-6-10-7-9(11-8)4-5-12(2)3/h6-7H,4-5H2,1-3H3. The van der Waals surface area contributed by atoms with Crippen molar-refractivity contribution in [3.63, 3.8) is 0 Å². The van der Waals surface area contributed by atoms with Crippen LogP contribution in [0, 0.1) is 6.92 Å².